The molecule has 0 fully saturated rings. The third-order valence-corrected chi connectivity index (χ3v) is 3.95. The summed E-state index contributed by atoms with van der Waals surface area (Å²) in [5, 5.41) is 17.9. The lowest BCUT2D eigenvalue weighted by Gasteiger charge is -2.15. The third-order valence-electron chi connectivity index (χ3n) is 3.95. The number of nitrogens with one attached hydrogen (secondary N) is 2. The third kappa shape index (κ3) is 3.73. The number of amides is 2. The summed E-state index contributed by atoms with van der Waals surface area (Å²) in [4.78, 5) is 12.0. The fraction of sp³-hybridized carbons (Fsp3) is 0.150. The molecule has 4 nitrogen and oxygen atoms in total. The fourth-order valence-corrected chi connectivity index (χ4v) is 2.65. The molecule has 2 amide bonds. The van der Waals surface area contributed by atoms with E-state index < -0.39 is 6.10 Å². The molecule has 0 bridgehead atoms. The van der Waals surface area contributed by atoms with Gasteiger partial charge >= 0.3 is 6.03 Å². The summed E-state index contributed by atoms with van der Waals surface area (Å²) in [6.07, 6.45) is -0.764. The average Bonchev–Trinajstić information content (AvgIpc) is 2.61. The van der Waals surface area contributed by atoms with Gasteiger partial charge in [-0.3, -0.25) is 0 Å². The largest absolute Gasteiger partial charge is 0.387 e. The van der Waals surface area contributed by atoms with Crippen molar-refractivity contribution in [1.82, 2.24) is 5.32 Å². The van der Waals surface area contributed by atoms with Crippen molar-refractivity contribution in [3.05, 3.63) is 77.9 Å². The normalized spacial score (nSPS) is 11.9. The maximum absolute atomic E-state index is 12.0. The highest BCUT2D eigenvalue weighted by Crippen LogP contribution is 2.23. The van der Waals surface area contributed by atoms with Gasteiger partial charge in [0.15, 0.2) is 0 Å². The number of fused-ring (bicyclic) bond motifs is 1. The van der Waals surface area contributed by atoms with Crippen molar-refractivity contribution in [2.75, 3.05) is 11.9 Å². The molecule has 3 aromatic carbocycles. The number of carbonyl (C=O) groups excluding carboxylic acids is 1. The summed E-state index contributed by atoms with van der Waals surface area (Å²) in [6.45, 7) is 2.14. The minimum Gasteiger partial charge on any atom is -0.387 e. The standard InChI is InChI=1S/C20H20N2O2/c1-14-9-11-16(12-10-14)22-20(24)21-13-19(23)18-8-4-6-15-5-2-3-7-17(15)18/h2-12,19,23H,13H2,1H3,(H2,21,22,24). The van der Waals surface area contributed by atoms with Crippen LogP contribution < -0.4 is 10.6 Å². The number of hydrogen-bond acceptors (Lipinski definition) is 2. The van der Waals surface area contributed by atoms with Gasteiger partial charge in [-0.1, -0.05) is 60.2 Å². The number of benzene rings is 3. The first-order valence-corrected chi connectivity index (χ1v) is 7.91. The van der Waals surface area contributed by atoms with Crippen LogP contribution in [-0.2, 0) is 0 Å². The molecule has 0 aliphatic carbocycles. The Labute approximate surface area is 141 Å². The van der Waals surface area contributed by atoms with Crippen LogP contribution in [0.3, 0.4) is 0 Å². The van der Waals surface area contributed by atoms with Gasteiger partial charge in [0, 0.05) is 12.2 Å². The first-order valence-electron chi connectivity index (χ1n) is 7.91. The van der Waals surface area contributed by atoms with Crippen molar-refractivity contribution in [3.8, 4) is 0 Å². The van der Waals surface area contributed by atoms with E-state index in [2.05, 4.69) is 10.6 Å². The predicted molar refractivity (Wildman–Crippen MR) is 97.1 cm³/mol. The summed E-state index contributed by atoms with van der Waals surface area (Å²) in [6, 6.07) is 20.9. The van der Waals surface area contributed by atoms with Gasteiger partial charge in [-0.2, -0.15) is 0 Å². The minimum atomic E-state index is -0.764. The highest BCUT2D eigenvalue weighted by molar-refractivity contribution is 5.89. The number of anilines is 1. The van der Waals surface area contributed by atoms with Gasteiger partial charge in [0.2, 0.25) is 0 Å². The molecule has 3 aromatic rings. The molecule has 3 N–H and O–H groups in total. The topological polar surface area (TPSA) is 61.4 Å². The summed E-state index contributed by atoms with van der Waals surface area (Å²) in [5.74, 6) is 0. The number of hydrogen-bond donors (Lipinski definition) is 3. The maximum atomic E-state index is 12.0. The lowest BCUT2D eigenvalue weighted by Crippen LogP contribution is -2.32. The second-order valence-electron chi connectivity index (χ2n) is 5.79. The van der Waals surface area contributed by atoms with E-state index in [1.807, 2.05) is 73.7 Å². The van der Waals surface area contributed by atoms with Gasteiger partial charge in [0.25, 0.3) is 0 Å². The Hall–Kier alpha value is -2.85. The fourth-order valence-electron chi connectivity index (χ4n) is 2.65. The van der Waals surface area contributed by atoms with Gasteiger partial charge in [0.1, 0.15) is 0 Å². The van der Waals surface area contributed by atoms with Gasteiger partial charge in [-0.05, 0) is 35.4 Å². The van der Waals surface area contributed by atoms with Crippen molar-refractivity contribution >= 4 is 22.5 Å². The molecular formula is C20H20N2O2. The Kier molecular flexibility index (Phi) is 4.77. The SMILES string of the molecule is Cc1ccc(NC(=O)NCC(O)c2cccc3ccccc23)cc1. The molecule has 0 radical (unpaired) electrons. The van der Waals surface area contributed by atoms with Crippen LogP contribution in [0.5, 0.6) is 0 Å². The number of aliphatic hydroxyl groups excluding tert-OH is 1. The zero-order valence-corrected chi connectivity index (χ0v) is 13.5. The molecule has 0 aliphatic rings. The van der Waals surface area contributed by atoms with Crippen LogP contribution >= 0.6 is 0 Å². The average molecular weight is 320 g/mol. The molecular weight excluding hydrogens is 300 g/mol. The Morgan fingerprint density at radius 3 is 2.50 bits per heavy atom. The second-order valence-corrected chi connectivity index (χ2v) is 5.79. The van der Waals surface area contributed by atoms with Crippen molar-refractivity contribution in [2.24, 2.45) is 0 Å². The Morgan fingerprint density at radius 1 is 1.00 bits per heavy atom. The molecule has 0 saturated heterocycles. The van der Waals surface area contributed by atoms with Crippen LogP contribution in [0.25, 0.3) is 10.8 Å². The lowest BCUT2D eigenvalue weighted by molar-refractivity contribution is 0.176. The number of aliphatic hydroxyl groups is 1. The molecule has 3 rings (SSSR count). The van der Waals surface area contributed by atoms with Crippen molar-refractivity contribution in [2.45, 2.75) is 13.0 Å². The van der Waals surface area contributed by atoms with E-state index in [0.29, 0.717) is 0 Å². The van der Waals surface area contributed by atoms with E-state index in [4.69, 9.17) is 0 Å². The summed E-state index contributed by atoms with van der Waals surface area (Å²) in [7, 11) is 0. The van der Waals surface area contributed by atoms with Gasteiger partial charge in [-0.25, -0.2) is 4.79 Å². The quantitative estimate of drug-likeness (QED) is 0.680. The van der Waals surface area contributed by atoms with Gasteiger partial charge in [-0.15, -0.1) is 0 Å². The second kappa shape index (κ2) is 7.15. The number of carbonyl (C=O) groups is 1. The van der Waals surface area contributed by atoms with Crippen molar-refractivity contribution in [3.63, 3.8) is 0 Å². The molecule has 4 heteroatoms. The molecule has 122 valence electrons. The predicted octanol–water partition coefficient (Wildman–Crippen LogP) is 4.00. The lowest BCUT2D eigenvalue weighted by atomic mass is 10.0. The van der Waals surface area contributed by atoms with Crippen LogP contribution in [0, 0.1) is 6.92 Å². The molecule has 24 heavy (non-hydrogen) atoms. The monoisotopic (exact) mass is 320 g/mol. The van der Waals surface area contributed by atoms with E-state index in [0.717, 1.165) is 27.6 Å². The Bertz CT molecular complexity index is 838. The minimum absolute atomic E-state index is 0.145. The molecule has 1 atom stereocenters. The number of aryl methyl sites for hydroxylation is 1. The molecule has 0 spiro atoms. The molecule has 0 saturated carbocycles. The molecule has 1 unspecified atom stereocenters. The maximum Gasteiger partial charge on any atom is 0.319 e. The smallest absolute Gasteiger partial charge is 0.319 e. The molecule has 0 aliphatic heterocycles. The number of rotatable bonds is 4. The molecule has 0 aromatic heterocycles. The first-order chi connectivity index (χ1) is 11.6. The zero-order chi connectivity index (χ0) is 16.9. The highest BCUT2D eigenvalue weighted by Gasteiger charge is 2.12. The zero-order valence-electron chi connectivity index (χ0n) is 13.5. The van der Waals surface area contributed by atoms with E-state index in [1.54, 1.807) is 0 Å². The van der Waals surface area contributed by atoms with Gasteiger partial charge < -0.3 is 15.7 Å². The van der Waals surface area contributed by atoms with Crippen LogP contribution in [0.4, 0.5) is 10.5 Å². The van der Waals surface area contributed by atoms with Crippen LogP contribution in [0.1, 0.15) is 17.2 Å². The summed E-state index contributed by atoms with van der Waals surface area (Å²) in [5.41, 5.74) is 2.66. The van der Waals surface area contributed by atoms with Crippen molar-refractivity contribution < 1.29 is 9.90 Å². The first kappa shape index (κ1) is 16.0. The van der Waals surface area contributed by atoms with Gasteiger partial charge in [0.05, 0.1) is 6.10 Å². The van der Waals surface area contributed by atoms with Crippen LogP contribution in [0.15, 0.2) is 66.7 Å². The molecule has 0 heterocycles. The van der Waals surface area contributed by atoms with Crippen molar-refractivity contribution in [1.29, 1.82) is 0 Å². The van der Waals surface area contributed by atoms with Crippen LogP contribution in [0.2, 0.25) is 0 Å². The summed E-state index contributed by atoms with van der Waals surface area (Å²) < 4.78 is 0. The van der Waals surface area contributed by atoms with E-state index in [1.165, 1.54) is 0 Å². The number of urea groups is 1. The van der Waals surface area contributed by atoms with Crippen LogP contribution in [-0.4, -0.2) is 17.7 Å². The van der Waals surface area contributed by atoms with E-state index >= 15 is 0 Å². The highest BCUT2D eigenvalue weighted by atomic mass is 16.3. The van der Waals surface area contributed by atoms with E-state index in [9.17, 15) is 9.90 Å². The summed E-state index contributed by atoms with van der Waals surface area (Å²) >= 11 is 0. The Balaban J connectivity index is 1.63. The van der Waals surface area contributed by atoms with E-state index in [-0.39, 0.29) is 12.6 Å². The Morgan fingerprint density at radius 2 is 1.71 bits per heavy atom.